The van der Waals surface area contributed by atoms with Gasteiger partial charge in [0.25, 0.3) is 11.8 Å². The Kier molecular flexibility index (Phi) is 5.04. The van der Waals surface area contributed by atoms with Gasteiger partial charge in [-0.05, 0) is 47.4 Å². The molecule has 2 aromatic rings. The molecule has 2 rings (SSSR count). The quantitative estimate of drug-likeness (QED) is 0.407. The van der Waals surface area contributed by atoms with E-state index in [1.165, 1.54) is 7.11 Å². The number of rotatable bonds is 3. The van der Waals surface area contributed by atoms with Crippen LogP contribution in [0.2, 0.25) is 0 Å². The summed E-state index contributed by atoms with van der Waals surface area (Å²) in [5.41, 5.74) is 1.78. The number of ether oxygens (including phenoxy) is 1. The maximum atomic E-state index is 12.4. The third kappa shape index (κ3) is 3.81. The van der Waals surface area contributed by atoms with E-state index in [-0.39, 0.29) is 5.41 Å². The first-order chi connectivity index (χ1) is 11.2. The van der Waals surface area contributed by atoms with Crippen LogP contribution in [0.4, 0.5) is 0 Å². The van der Waals surface area contributed by atoms with Crippen LogP contribution in [0.5, 0.6) is 5.75 Å². The molecule has 2 aromatic carbocycles. The van der Waals surface area contributed by atoms with Crippen molar-refractivity contribution in [3.8, 4) is 5.75 Å². The van der Waals surface area contributed by atoms with Crippen LogP contribution < -0.4 is 10.6 Å². The molecule has 0 atom stereocenters. The molecule has 0 heterocycles. The molecule has 0 aliphatic carbocycles. The number of nitrogens with zero attached hydrogens (tertiary/aromatic N) is 1. The minimum atomic E-state index is -0.567. The number of amides is 2. The Bertz CT molecular complexity index is 729. The predicted octanol–water partition coefficient (Wildman–Crippen LogP) is 3.15. The fraction of sp³-hybridized carbons (Fsp3) is 0.263. The Morgan fingerprint density at radius 3 is 1.67 bits per heavy atom. The van der Waals surface area contributed by atoms with Crippen LogP contribution >= 0.6 is 0 Å². The van der Waals surface area contributed by atoms with E-state index < -0.39 is 11.8 Å². The van der Waals surface area contributed by atoms with Crippen molar-refractivity contribution in [3.63, 3.8) is 0 Å². The van der Waals surface area contributed by atoms with Gasteiger partial charge in [-0.1, -0.05) is 32.9 Å². The van der Waals surface area contributed by atoms with Crippen LogP contribution in [0.1, 0.15) is 47.1 Å². The lowest BCUT2D eigenvalue weighted by atomic mass is 9.86. The number of imide groups is 1. The van der Waals surface area contributed by atoms with Gasteiger partial charge in [0.1, 0.15) is 5.75 Å². The smallest absolute Gasteiger partial charge is 0.275 e. The molecule has 2 amide bonds. The van der Waals surface area contributed by atoms with Crippen molar-refractivity contribution in [2.45, 2.75) is 26.2 Å². The highest BCUT2D eigenvalue weighted by Gasteiger charge is 2.22. The second kappa shape index (κ2) is 6.84. The molecule has 0 saturated carbocycles. The first-order valence-corrected chi connectivity index (χ1v) is 7.62. The number of hydrogen-bond acceptors (Lipinski definition) is 4. The van der Waals surface area contributed by atoms with Crippen molar-refractivity contribution in [2.24, 2.45) is 5.84 Å². The minimum absolute atomic E-state index is 0.0110. The van der Waals surface area contributed by atoms with Gasteiger partial charge >= 0.3 is 0 Å². The number of carbonyl (C=O) groups is 2. The molecule has 0 aliphatic heterocycles. The zero-order valence-electron chi connectivity index (χ0n) is 14.4. The van der Waals surface area contributed by atoms with E-state index in [0.717, 1.165) is 5.56 Å². The summed E-state index contributed by atoms with van der Waals surface area (Å²) in [4.78, 5) is 24.7. The predicted molar refractivity (Wildman–Crippen MR) is 92.8 cm³/mol. The molecular weight excluding hydrogens is 304 g/mol. The minimum Gasteiger partial charge on any atom is -0.497 e. The van der Waals surface area contributed by atoms with Crippen molar-refractivity contribution < 1.29 is 14.3 Å². The lowest BCUT2D eigenvalue weighted by Gasteiger charge is -2.20. The highest BCUT2D eigenvalue weighted by atomic mass is 16.5. The SMILES string of the molecule is COc1ccc(C(=O)N(N)C(=O)c2ccc(C(C)(C)C)cc2)cc1. The molecule has 24 heavy (non-hydrogen) atoms. The van der Waals surface area contributed by atoms with E-state index in [0.29, 0.717) is 21.9 Å². The average Bonchev–Trinajstić information content (AvgIpc) is 2.59. The molecule has 0 unspecified atom stereocenters. The van der Waals surface area contributed by atoms with E-state index in [4.69, 9.17) is 10.6 Å². The van der Waals surface area contributed by atoms with Gasteiger partial charge in [0.2, 0.25) is 0 Å². The Hall–Kier alpha value is -2.66. The van der Waals surface area contributed by atoms with Gasteiger partial charge in [-0.2, -0.15) is 0 Å². The molecule has 0 spiro atoms. The number of carbonyl (C=O) groups excluding carboxylic acids is 2. The first kappa shape index (κ1) is 17.7. The van der Waals surface area contributed by atoms with Crippen LogP contribution in [0, 0.1) is 0 Å². The first-order valence-electron chi connectivity index (χ1n) is 7.62. The molecule has 2 N–H and O–H groups in total. The van der Waals surface area contributed by atoms with Gasteiger partial charge in [0.05, 0.1) is 7.11 Å². The molecule has 0 fully saturated rings. The number of hydrazine groups is 1. The van der Waals surface area contributed by atoms with Crippen molar-refractivity contribution in [1.29, 1.82) is 0 Å². The Morgan fingerprint density at radius 1 is 0.875 bits per heavy atom. The molecule has 126 valence electrons. The summed E-state index contributed by atoms with van der Waals surface area (Å²) in [5.74, 6) is 5.23. The summed E-state index contributed by atoms with van der Waals surface area (Å²) >= 11 is 0. The molecule has 0 saturated heterocycles. The molecule has 5 heteroatoms. The standard InChI is InChI=1S/C19H22N2O3/c1-19(2,3)15-9-5-13(6-10-15)17(22)21(20)18(23)14-7-11-16(24-4)12-8-14/h5-12H,20H2,1-4H3. The summed E-state index contributed by atoms with van der Waals surface area (Å²) in [7, 11) is 1.54. The van der Waals surface area contributed by atoms with Crippen molar-refractivity contribution in [3.05, 3.63) is 65.2 Å². The summed E-state index contributed by atoms with van der Waals surface area (Å²) in [6, 6.07) is 13.5. The van der Waals surface area contributed by atoms with E-state index in [1.54, 1.807) is 36.4 Å². The van der Waals surface area contributed by atoms with E-state index in [9.17, 15) is 9.59 Å². The largest absolute Gasteiger partial charge is 0.497 e. The van der Waals surface area contributed by atoms with Crippen LogP contribution in [-0.4, -0.2) is 23.9 Å². The molecule has 0 bridgehead atoms. The third-order valence-corrected chi connectivity index (χ3v) is 3.77. The van der Waals surface area contributed by atoms with Crippen molar-refractivity contribution >= 4 is 11.8 Å². The average molecular weight is 326 g/mol. The Balaban J connectivity index is 2.17. The van der Waals surface area contributed by atoms with Crippen molar-refractivity contribution in [1.82, 2.24) is 5.01 Å². The highest BCUT2D eigenvalue weighted by molar-refractivity contribution is 6.09. The molecular formula is C19H22N2O3. The van der Waals surface area contributed by atoms with Crippen molar-refractivity contribution in [2.75, 3.05) is 7.11 Å². The van der Waals surface area contributed by atoms with E-state index >= 15 is 0 Å². The van der Waals surface area contributed by atoms with Gasteiger partial charge < -0.3 is 4.74 Å². The maximum Gasteiger partial charge on any atom is 0.275 e. The Labute approximate surface area is 142 Å². The van der Waals surface area contributed by atoms with E-state index in [1.807, 2.05) is 12.1 Å². The van der Waals surface area contributed by atoms with Gasteiger partial charge in [-0.25, -0.2) is 10.9 Å². The topological polar surface area (TPSA) is 72.6 Å². The maximum absolute atomic E-state index is 12.4. The number of methoxy groups -OCH3 is 1. The van der Waals surface area contributed by atoms with Gasteiger partial charge in [-0.3, -0.25) is 9.59 Å². The fourth-order valence-electron chi connectivity index (χ4n) is 2.22. The highest BCUT2D eigenvalue weighted by Crippen LogP contribution is 2.22. The monoisotopic (exact) mass is 326 g/mol. The van der Waals surface area contributed by atoms with Crippen LogP contribution in [0.25, 0.3) is 0 Å². The second-order valence-corrected chi connectivity index (χ2v) is 6.54. The zero-order chi connectivity index (χ0) is 17.9. The summed E-state index contributed by atoms with van der Waals surface area (Å²) < 4.78 is 5.04. The summed E-state index contributed by atoms with van der Waals surface area (Å²) in [6.45, 7) is 6.27. The van der Waals surface area contributed by atoms with Gasteiger partial charge in [0.15, 0.2) is 0 Å². The molecule has 0 radical (unpaired) electrons. The molecule has 0 aliphatic rings. The summed E-state index contributed by atoms with van der Waals surface area (Å²) in [6.07, 6.45) is 0. The van der Waals surface area contributed by atoms with Crippen LogP contribution in [0.3, 0.4) is 0 Å². The summed E-state index contributed by atoms with van der Waals surface area (Å²) in [5, 5.41) is 0.633. The fourth-order valence-corrected chi connectivity index (χ4v) is 2.22. The van der Waals surface area contributed by atoms with E-state index in [2.05, 4.69) is 20.8 Å². The zero-order valence-corrected chi connectivity index (χ0v) is 14.4. The number of benzene rings is 2. The Morgan fingerprint density at radius 2 is 1.29 bits per heavy atom. The second-order valence-electron chi connectivity index (χ2n) is 6.54. The number of hydrogen-bond donors (Lipinski definition) is 1. The normalized spacial score (nSPS) is 11.0. The lowest BCUT2D eigenvalue weighted by molar-refractivity contribution is 0.0615. The molecule has 0 aromatic heterocycles. The van der Waals surface area contributed by atoms with Crippen LogP contribution in [0.15, 0.2) is 48.5 Å². The van der Waals surface area contributed by atoms with Gasteiger partial charge in [0, 0.05) is 11.1 Å². The van der Waals surface area contributed by atoms with Crippen LogP contribution in [-0.2, 0) is 5.41 Å². The number of nitrogens with two attached hydrogens (primary N) is 1. The third-order valence-electron chi connectivity index (χ3n) is 3.77. The van der Waals surface area contributed by atoms with Gasteiger partial charge in [-0.15, -0.1) is 0 Å². The molecule has 5 nitrogen and oxygen atoms in total. The lowest BCUT2D eigenvalue weighted by Crippen LogP contribution is -2.42.